The van der Waals surface area contributed by atoms with Crippen LogP contribution >= 0.6 is 0 Å². The fraction of sp³-hybridized carbons (Fsp3) is 0.0526. The zero-order chi connectivity index (χ0) is 17.4. The molecule has 2 aromatic carbocycles. The summed E-state index contributed by atoms with van der Waals surface area (Å²) in [4.78, 5) is 24.6. The van der Waals surface area contributed by atoms with Crippen LogP contribution in [0.25, 0.3) is 0 Å². The van der Waals surface area contributed by atoms with E-state index in [9.17, 15) is 9.59 Å². The molecule has 3 aromatic rings. The fourth-order valence-corrected chi connectivity index (χ4v) is 2.61. The summed E-state index contributed by atoms with van der Waals surface area (Å²) in [6.07, 6.45) is 1.42. The Morgan fingerprint density at radius 2 is 1.92 bits per heavy atom. The number of nitrogens with one attached hydrogen (secondary N) is 2. The van der Waals surface area contributed by atoms with Gasteiger partial charge in [0.15, 0.2) is 11.5 Å². The Labute approximate surface area is 143 Å². The minimum Gasteiger partial charge on any atom is -0.459 e. The quantitative estimate of drug-likeness (QED) is 0.736. The van der Waals surface area contributed by atoms with Crippen molar-refractivity contribution >= 4 is 23.2 Å². The summed E-state index contributed by atoms with van der Waals surface area (Å²) in [6.45, 7) is 1.94. The Morgan fingerprint density at radius 1 is 1.08 bits per heavy atom. The van der Waals surface area contributed by atoms with Gasteiger partial charge in [-0.2, -0.15) is 0 Å². The standard InChI is InChI=1S/C19H14N2O4/c1-11-4-6-16-14(9-11)21-18(22)13-10-12(5-7-15(13)25-16)20-19(23)17-3-2-8-24-17/h2-10H,1H3,(H,20,23)(H,21,22). The molecule has 1 aromatic heterocycles. The second-order valence-electron chi connectivity index (χ2n) is 5.70. The SMILES string of the molecule is Cc1ccc2c(c1)NC(=O)c1cc(NC(=O)c3ccco3)ccc1O2. The normalized spacial score (nSPS) is 12.3. The second-order valence-corrected chi connectivity index (χ2v) is 5.70. The summed E-state index contributed by atoms with van der Waals surface area (Å²) in [5.41, 5.74) is 2.44. The molecule has 6 nitrogen and oxygen atoms in total. The van der Waals surface area contributed by atoms with Crippen LogP contribution in [0.2, 0.25) is 0 Å². The van der Waals surface area contributed by atoms with Crippen LogP contribution < -0.4 is 15.4 Å². The topological polar surface area (TPSA) is 80.6 Å². The van der Waals surface area contributed by atoms with E-state index in [0.29, 0.717) is 28.4 Å². The van der Waals surface area contributed by atoms with Crippen molar-refractivity contribution < 1.29 is 18.7 Å². The molecule has 0 fully saturated rings. The van der Waals surface area contributed by atoms with Crippen molar-refractivity contribution in [3.63, 3.8) is 0 Å². The number of furan rings is 1. The minimum atomic E-state index is -0.390. The summed E-state index contributed by atoms with van der Waals surface area (Å²) in [6, 6.07) is 13.7. The molecule has 2 heterocycles. The van der Waals surface area contributed by atoms with Crippen LogP contribution in [-0.2, 0) is 0 Å². The summed E-state index contributed by atoms with van der Waals surface area (Å²) < 4.78 is 10.9. The predicted octanol–water partition coefficient (Wildman–Crippen LogP) is 4.20. The minimum absolute atomic E-state index is 0.193. The maximum atomic E-state index is 12.5. The first-order chi connectivity index (χ1) is 12.1. The van der Waals surface area contributed by atoms with Gasteiger partial charge in [-0.1, -0.05) is 6.07 Å². The third kappa shape index (κ3) is 2.85. The van der Waals surface area contributed by atoms with Gasteiger partial charge in [-0.3, -0.25) is 9.59 Å². The van der Waals surface area contributed by atoms with Gasteiger partial charge in [0.2, 0.25) is 0 Å². The van der Waals surface area contributed by atoms with Gasteiger partial charge in [0.25, 0.3) is 11.8 Å². The van der Waals surface area contributed by atoms with Gasteiger partial charge in [0.1, 0.15) is 5.75 Å². The highest BCUT2D eigenvalue weighted by molar-refractivity contribution is 6.09. The van der Waals surface area contributed by atoms with Gasteiger partial charge in [-0.25, -0.2) is 0 Å². The van der Waals surface area contributed by atoms with E-state index in [2.05, 4.69) is 10.6 Å². The van der Waals surface area contributed by atoms with Crippen LogP contribution in [-0.4, -0.2) is 11.8 Å². The lowest BCUT2D eigenvalue weighted by Crippen LogP contribution is -2.13. The Hall–Kier alpha value is -3.54. The zero-order valence-corrected chi connectivity index (χ0v) is 13.3. The number of fused-ring (bicyclic) bond motifs is 2. The molecule has 2 amide bonds. The van der Waals surface area contributed by atoms with E-state index in [1.807, 2.05) is 25.1 Å². The third-order valence-corrected chi connectivity index (χ3v) is 3.83. The number of hydrogen-bond acceptors (Lipinski definition) is 4. The fourth-order valence-electron chi connectivity index (χ4n) is 2.61. The number of aryl methyl sites for hydroxylation is 1. The Morgan fingerprint density at radius 3 is 2.72 bits per heavy atom. The summed E-state index contributed by atoms with van der Waals surface area (Å²) >= 11 is 0. The number of anilines is 2. The molecule has 25 heavy (non-hydrogen) atoms. The highest BCUT2D eigenvalue weighted by Gasteiger charge is 2.22. The Balaban J connectivity index is 1.65. The molecule has 2 N–H and O–H groups in total. The monoisotopic (exact) mass is 334 g/mol. The van der Waals surface area contributed by atoms with Crippen molar-refractivity contribution in [2.45, 2.75) is 6.92 Å². The second kappa shape index (κ2) is 5.83. The molecule has 6 heteroatoms. The van der Waals surface area contributed by atoms with E-state index in [4.69, 9.17) is 9.15 Å². The molecular weight excluding hydrogens is 320 g/mol. The van der Waals surface area contributed by atoms with E-state index in [-0.39, 0.29) is 17.6 Å². The van der Waals surface area contributed by atoms with E-state index < -0.39 is 0 Å². The van der Waals surface area contributed by atoms with Crippen molar-refractivity contribution in [1.82, 2.24) is 0 Å². The lowest BCUT2D eigenvalue weighted by atomic mass is 10.1. The van der Waals surface area contributed by atoms with Crippen molar-refractivity contribution in [3.8, 4) is 11.5 Å². The van der Waals surface area contributed by atoms with Gasteiger partial charge < -0.3 is 19.8 Å². The molecule has 0 bridgehead atoms. The lowest BCUT2D eigenvalue weighted by molar-refractivity contribution is 0.0993. The Kier molecular flexibility index (Phi) is 3.50. The summed E-state index contributed by atoms with van der Waals surface area (Å²) in [7, 11) is 0. The first-order valence-corrected chi connectivity index (χ1v) is 7.69. The lowest BCUT2D eigenvalue weighted by Gasteiger charge is -2.09. The molecule has 0 spiro atoms. The summed E-state index contributed by atoms with van der Waals surface area (Å²) in [5.74, 6) is 0.506. The number of benzene rings is 2. The third-order valence-electron chi connectivity index (χ3n) is 3.83. The van der Waals surface area contributed by atoms with Gasteiger partial charge in [-0.05, 0) is 55.0 Å². The first-order valence-electron chi connectivity index (χ1n) is 7.69. The van der Waals surface area contributed by atoms with E-state index in [1.54, 1.807) is 30.3 Å². The van der Waals surface area contributed by atoms with Crippen LogP contribution in [0.5, 0.6) is 11.5 Å². The van der Waals surface area contributed by atoms with Crippen molar-refractivity contribution in [2.24, 2.45) is 0 Å². The zero-order valence-electron chi connectivity index (χ0n) is 13.3. The number of carbonyl (C=O) groups is 2. The largest absolute Gasteiger partial charge is 0.459 e. The molecule has 1 aliphatic rings. The van der Waals surface area contributed by atoms with Gasteiger partial charge in [0, 0.05) is 5.69 Å². The Bertz CT molecular complexity index is 977. The van der Waals surface area contributed by atoms with E-state index >= 15 is 0 Å². The smallest absolute Gasteiger partial charge is 0.291 e. The maximum absolute atomic E-state index is 12.5. The molecule has 124 valence electrons. The number of ether oxygens (including phenoxy) is 1. The van der Waals surface area contributed by atoms with Crippen LogP contribution in [0.15, 0.2) is 59.2 Å². The number of amides is 2. The molecule has 1 aliphatic heterocycles. The van der Waals surface area contributed by atoms with Crippen LogP contribution in [0.1, 0.15) is 26.5 Å². The average molecular weight is 334 g/mol. The van der Waals surface area contributed by atoms with Crippen molar-refractivity contribution in [3.05, 3.63) is 71.7 Å². The van der Waals surface area contributed by atoms with Gasteiger partial charge in [-0.15, -0.1) is 0 Å². The molecule has 0 saturated heterocycles. The molecular formula is C19H14N2O4. The molecule has 0 saturated carbocycles. The molecule has 4 rings (SSSR count). The van der Waals surface area contributed by atoms with Gasteiger partial charge >= 0.3 is 0 Å². The molecule has 0 radical (unpaired) electrons. The highest BCUT2D eigenvalue weighted by atomic mass is 16.5. The van der Waals surface area contributed by atoms with Crippen LogP contribution in [0.3, 0.4) is 0 Å². The summed E-state index contributed by atoms with van der Waals surface area (Å²) in [5, 5.41) is 5.53. The first kappa shape index (κ1) is 15.0. The number of rotatable bonds is 2. The maximum Gasteiger partial charge on any atom is 0.291 e. The van der Waals surface area contributed by atoms with E-state index in [0.717, 1.165) is 5.56 Å². The van der Waals surface area contributed by atoms with Crippen LogP contribution in [0.4, 0.5) is 11.4 Å². The van der Waals surface area contributed by atoms with Crippen LogP contribution in [0, 0.1) is 6.92 Å². The highest BCUT2D eigenvalue weighted by Crippen LogP contribution is 2.37. The average Bonchev–Trinajstić information content (AvgIpc) is 3.09. The van der Waals surface area contributed by atoms with Crippen molar-refractivity contribution in [2.75, 3.05) is 10.6 Å². The molecule has 0 unspecified atom stereocenters. The number of hydrogen-bond donors (Lipinski definition) is 2. The molecule has 0 aliphatic carbocycles. The van der Waals surface area contributed by atoms with E-state index in [1.165, 1.54) is 6.26 Å². The molecule has 0 atom stereocenters. The number of carbonyl (C=O) groups excluding carboxylic acids is 2. The van der Waals surface area contributed by atoms with Gasteiger partial charge in [0.05, 0.1) is 17.5 Å². The van der Waals surface area contributed by atoms with Crippen molar-refractivity contribution in [1.29, 1.82) is 0 Å². The predicted molar refractivity (Wildman–Crippen MR) is 92.3 cm³/mol.